The highest BCUT2D eigenvalue weighted by molar-refractivity contribution is 5.72. The number of halogens is 3. The van der Waals surface area contributed by atoms with Crippen molar-refractivity contribution in [1.29, 1.82) is 0 Å². The predicted molar refractivity (Wildman–Crippen MR) is 74.7 cm³/mol. The number of fused-ring (bicyclic) bond motifs is 1. The minimum absolute atomic E-state index is 0.278. The Morgan fingerprint density at radius 2 is 2.10 bits per heavy atom. The molecule has 1 aliphatic rings. The topological polar surface area (TPSA) is 43.8 Å². The SMILES string of the molecule is CC1CCCn2c1nc(-c1cccc(C(F)(F)F)c1)c2N. The highest BCUT2D eigenvalue weighted by atomic mass is 19.4. The number of nitrogens with zero attached hydrogens (tertiary/aromatic N) is 2. The van der Waals surface area contributed by atoms with E-state index in [9.17, 15) is 13.2 Å². The molecule has 0 fully saturated rings. The molecule has 112 valence electrons. The zero-order valence-electron chi connectivity index (χ0n) is 11.6. The average molecular weight is 295 g/mol. The average Bonchev–Trinajstić information content (AvgIpc) is 2.77. The first-order valence-corrected chi connectivity index (χ1v) is 6.91. The third-order valence-electron chi connectivity index (χ3n) is 3.96. The van der Waals surface area contributed by atoms with Crippen LogP contribution >= 0.6 is 0 Å². The monoisotopic (exact) mass is 295 g/mol. The minimum atomic E-state index is -4.36. The van der Waals surface area contributed by atoms with Gasteiger partial charge in [0.05, 0.1) is 5.56 Å². The summed E-state index contributed by atoms with van der Waals surface area (Å²) in [5.74, 6) is 1.60. The molecule has 2 heterocycles. The molecule has 0 amide bonds. The van der Waals surface area contributed by atoms with Crippen molar-refractivity contribution in [2.24, 2.45) is 0 Å². The molecule has 1 unspecified atom stereocenters. The van der Waals surface area contributed by atoms with Crippen LogP contribution in [0.3, 0.4) is 0 Å². The summed E-state index contributed by atoms with van der Waals surface area (Å²) in [6, 6.07) is 5.16. The van der Waals surface area contributed by atoms with Gasteiger partial charge in [-0.1, -0.05) is 19.1 Å². The predicted octanol–water partition coefficient (Wildman–Crippen LogP) is 4.05. The highest BCUT2D eigenvalue weighted by Gasteiger charge is 2.31. The van der Waals surface area contributed by atoms with Gasteiger partial charge < -0.3 is 10.3 Å². The van der Waals surface area contributed by atoms with E-state index in [1.54, 1.807) is 6.07 Å². The number of anilines is 1. The molecule has 21 heavy (non-hydrogen) atoms. The molecule has 0 radical (unpaired) electrons. The molecule has 0 saturated heterocycles. The molecule has 1 aromatic heterocycles. The van der Waals surface area contributed by atoms with Gasteiger partial charge in [-0.15, -0.1) is 0 Å². The maximum Gasteiger partial charge on any atom is 0.416 e. The Morgan fingerprint density at radius 3 is 2.76 bits per heavy atom. The molecule has 6 heteroatoms. The molecule has 3 nitrogen and oxygen atoms in total. The molecule has 0 bridgehead atoms. The fourth-order valence-electron chi connectivity index (χ4n) is 2.83. The summed E-state index contributed by atoms with van der Waals surface area (Å²) in [4.78, 5) is 4.50. The van der Waals surface area contributed by atoms with Crippen LogP contribution in [0.25, 0.3) is 11.3 Å². The second-order valence-electron chi connectivity index (χ2n) is 5.48. The molecular formula is C15H16F3N3. The molecule has 1 aliphatic heterocycles. The summed E-state index contributed by atoms with van der Waals surface area (Å²) in [5, 5.41) is 0. The van der Waals surface area contributed by atoms with Crippen LogP contribution in [-0.2, 0) is 12.7 Å². The number of rotatable bonds is 1. The van der Waals surface area contributed by atoms with Crippen molar-refractivity contribution in [2.45, 2.75) is 38.4 Å². The van der Waals surface area contributed by atoms with E-state index in [2.05, 4.69) is 11.9 Å². The van der Waals surface area contributed by atoms with Crippen LogP contribution in [0.15, 0.2) is 24.3 Å². The minimum Gasteiger partial charge on any atom is -0.383 e. The van der Waals surface area contributed by atoms with Gasteiger partial charge in [-0.2, -0.15) is 13.2 Å². The molecule has 0 spiro atoms. The van der Waals surface area contributed by atoms with Crippen molar-refractivity contribution >= 4 is 5.82 Å². The van der Waals surface area contributed by atoms with Crippen LogP contribution in [-0.4, -0.2) is 9.55 Å². The Kier molecular flexibility index (Phi) is 3.19. The van der Waals surface area contributed by atoms with Crippen LogP contribution in [0.1, 0.15) is 37.1 Å². The van der Waals surface area contributed by atoms with Gasteiger partial charge in [-0.05, 0) is 25.0 Å². The Labute approximate surface area is 120 Å². The van der Waals surface area contributed by atoms with Gasteiger partial charge in [0.25, 0.3) is 0 Å². The van der Waals surface area contributed by atoms with E-state index in [0.717, 1.165) is 37.3 Å². The van der Waals surface area contributed by atoms with E-state index in [1.165, 1.54) is 6.07 Å². The number of hydrogen-bond acceptors (Lipinski definition) is 2. The fourth-order valence-corrected chi connectivity index (χ4v) is 2.83. The second kappa shape index (κ2) is 4.79. The maximum absolute atomic E-state index is 12.8. The number of hydrogen-bond donors (Lipinski definition) is 1. The van der Waals surface area contributed by atoms with E-state index < -0.39 is 11.7 Å². The third kappa shape index (κ3) is 2.39. The van der Waals surface area contributed by atoms with Crippen LogP contribution in [0, 0.1) is 0 Å². The zero-order chi connectivity index (χ0) is 15.2. The Bertz CT molecular complexity index is 673. The van der Waals surface area contributed by atoms with Crippen LogP contribution < -0.4 is 5.73 Å². The third-order valence-corrected chi connectivity index (χ3v) is 3.96. The van der Waals surface area contributed by atoms with Gasteiger partial charge >= 0.3 is 6.18 Å². The maximum atomic E-state index is 12.8. The van der Waals surface area contributed by atoms with Crippen LogP contribution in [0.4, 0.5) is 19.0 Å². The number of aromatic nitrogens is 2. The second-order valence-corrected chi connectivity index (χ2v) is 5.48. The first kappa shape index (κ1) is 14.0. The highest BCUT2D eigenvalue weighted by Crippen LogP contribution is 2.36. The molecule has 2 N–H and O–H groups in total. The van der Waals surface area contributed by atoms with Crippen LogP contribution in [0.5, 0.6) is 0 Å². The summed E-state index contributed by atoms with van der Waals surface area (Å²) < 4.78 is 40.4. The summed E-state index contributed by atoms with van der Waals surface area (Å²) in [5.41, 5.74) is 6.28. The number of alkyl halides is 3. The van der Waals surface area contributed by atoms with E-state index in [4.69, 9.17) is 5.73 Å². The summed E-state index contributed by atoms with van der Waals surface area (Å²) in [6.45, 7) is 2.84. The lowest BCUT2D eigenvalue weighted by atomic mass is 10.0. The van der Waals surface area contributed by atoms with Gasteiger partial charge in [-0.25, -0.2) is 4.98 Å². The molecular weight excluding hydrogens is 279 g/mol. The Morgan fingerprint density at radius 1 is 1.33 bits per heavy atom. The summed E-state index contributed by atoms with van der Waals surface area (Å²) in [7, 11) is 0. The summed E-state index contributed by atoms with van der Waals surface area (Å²) >= 11 is 0. The van der Waals surface area contributed by atoms with Gasteiger partial charge in [0.15, 0.2) is 0 Å². The Hall–Kier alpha value is -1.98. The van der Waals surface area contributed by atoms with Gasteiger partial charge in [-0.3, -0.25) is 0 Å². The quantitative estimate of drug-likeness (QED) is 0.862. The fraction of sp³-hybridized carbons (Fsp3) is 0.400. The molecule has 2 aromatic rings. The van der Waals surface area contributed by atoms with Gasteiger partial charge in [0.2, 0.25) is 0 Å². The number of benzene rings is 1. The smallest absolute Gasteiger partial charge is 0.383 e. The molecule has 0 saturated carbocycles. The van der Waals surface area contributed by atoms with Crippen molar-refractivity contribution < 1.29 is 13.2 Å². The lowest BCUT2D eigenvalue weighted by Gasteiger charge is -2.20. The molecule has 1 aromatic carbocycles. The molecule has 1 atom stereocenters. The number of nitrogens with two attached hydrogens (primary N) is 1. The van der Waals surface area contributed by atoms with Crippen molar-refractivity contribution in [3.05, 3.63) is 35.7 Å². The van der Waals surface area contributed by atoms with E-state index >= 15 is 0 Å². The number of nitrogen functional groups attached to an aromatic ring is 1. The lowest BCUT2D eigenvalue weighted by molar-refractivity contribution is -0.137. The molecule has 0 aliphatic carbocycles. The van der Waals surface area contributed by atoms with Crippen molar-refractivity contribution in [3.63, 3.8) is 0 Å². The van der Waals surface area contributed by atoms with Gasteiger partial charge in [0.1, 0.15) is 17.3 Å². The first-order valence-electron chi connectivity index (χ1n) is 6.91. The first-order chi connectivity index (χ1) is 9.88. The van der Waals surface area contributed by atoms with Crippen LogP contribution in [0.2, 0.25) is 0 Å². The standard InChI is InChI=1S/C15H16F3N3/c1-9-4-3-7-21-13(19)12(20-14(9)21)10-5-2-6-11(8-10)15(16,17)18/h2,5-6,8-9H,3-4,7,19H2,1H3. The summed E-state index contributed by atoms with van der Waals surface area (Å²) in [6.07, 6.45) is -2.33. The van der Waals surface area contributed by atoms with Crippen molar-refractivity contribution in [3.8, 4) is 11.3 Å². The zero-order valence-corrected chi connectivity index (χ0v) is 11.6. The lowest BCUT2D eigenvalue weighted by Crippen LogP contribution is -2.15. The van der Waals surface area contributed by atoms with Crippen molar-refractivity contribution in [2.75, 3.05) is 5.73 Å². The van der Waals surface area contributed by atoms with Gasteiger partial charge in [0, 0.05) is 18.0 Å². The van der Waals surface area contributed by atoms with E-state index in [-0.39, 0.29) is 5.92 Å². The Balaban J connectivity index is 2.10. The van der Waals surface area contributed by atoms with E-state index in [0.29, 0.717) is 17.1 Å². The molecule has 3 rings (SSSR count). The van der Waals surface area contributed by atoms with Crippen molar-refractivity contribution in [1.82, 2.24) is 9.55 Å². The largest absolute Gasteiger partial charge is 0.416 e. The number of imidazole rings is 1. The van der Waals surface area contributed by atoms with E-state index in [1.807, 2.05) is 4.57 Å². The normalized spacial score (nSPS) is 18.6.